The summed E-state index contributed by atoms with van der Waals surface area (Å²) in [4.78, 5) is 22.7. The molecule has 0 unspecified atom stereocenters. The van der Waals surface area contributed by atoms with Crippen molar-refractivity contribution in [1.82, 2.24) is 25.0 Å². The number of carbonyl (C=O) groups excluding carboxylic acids is 1. The van der Waals surface area contributed by atoms with Gasteiger partial charge in [-0.15, -0.1) is 5.10 Å². The molecule has 2 fully saturated rings. The number of rotatable bonds is 13. The Balaban J connectivity index is 1.17. The van der Waals surface area contributed by atoms with E-state index >= 15 is 0 Å². The minimum Gasteiger partial charge on any atom is -0.445 e. The number of carbonyl (C=O) groups is 1. The van der Waals surface area contributed by atoms with Crippen molar-refractivity contribution in [2.75, 3.05) is 23.0 Å². The molecule has 284 valence electrons. The van der Waals surface area contributed by atoms with E-state index in [4.69, 9.17) is 18.9 Å². The van der Waals surface area contributed by atoms with Crippen LogP contribution in [-0.4, -0.2) is 75.4 Å². The zero-order valence-electron chi connectivity index (χ0n) is 30.5. The molecule has 1 aliphatic carbocycles. The molecule has 5 aromatic rings. The maximum Gasteiger partial charge on any atom is 0.413 e. The molecule has 54 heavy (non-hydrogen) atoms. The van der Waals surface area contributed by atoms with Gasteiger partial charge in [-0.1, -0.05) is 127 Å². The van der Waals surface area contributed by atoms with Crippen LogP contribution < -0.4 is 15.7 Å². The Morgan fingerprint density at radius 2 is 1.72 bits per heavy atom. The third kappa shape index (κ3) is 7.83. The van der Waals surface area contributed by atoms with Gasteiger partial charge < -0.3 is 13.9 Å². The average Bonchev–Trinajstić information content (AvgIpc) is 3.58. The van der Waals surface area contributed by atoms with Gasteiger partial charge in [0.05, 0.1) is 18.8 Å². The lowest BCUT2D eigenvalue weighted by atomic mass is 10.1. The standard InChI is InChI=1S/C39H43BrF2N6O4SSi/c1-5-18-53-37-43-35(44-38(49)52-32-21-28(32)24-16-17-29(41)30(42)19-24)34-36(45-37)48(47-46-34)31-20-25(22-40)51-33(31)23-50-54(39(2,3)4,26-12-8-6-9-13-26)27-14-10-7-11-15-27/h6-17,19,25,28,31-33H,5,18,20-23H2,1-4H3,(H,43,44,45,49)/t25-,28+,31-,32-,33+/m1/s1. The zero-order chi connectivity index (χ0) is 38.0. The number of alkyl halides is 1. The molecule has 3 heterocycles. The van der Waals surface area contributed by atoms with Gasteiger partial charge in [-0.05, 0) is 52.4 Å². The van der Waals surface area contributed by atoms with Crippen LogP contribution in [0.1, 0.15) is 64.5 Å². The van der Waals surface area contributed by atoms with E-state index in [2.05, 4.69) is 113 Å². The lowest BCUT2D eigenvalue weighted by molar-refractivity contribution is 0.0137. The molecular formula is C39H43BrF2N6O4SSi. The first-order chi connectivity index (χ1) is 26.0. The van der Waals surface area contributed by atoms with Crippen LogP contribution in [0.5, 0.6) is 0 Å². The van der Waals surface area contributed by atoms with Crippen LogP contribution in [0.25, 0.3) is 11.2 Å². The molecule has 1 N–H and O–H groups in total. The molecule has 0 bridgehead atoms. The van der Waals surface area contributed by atoms with Crippen molar-refractivity contribution in [1.29, 1.82) is 0 Å². The van der Waals surface area contributed by atoms with E-state index in [1.165, 1.54) is 28.2 Å². The van der Waals surface area contributed by atoms with Gasteiger partial charge >= 0.3 is 6.09 Å². The van der Waals surface area contributed by atoms with Gasteiger partial charge in [0.2, 0.25) is 0 Å². The van der Waals surface area contributed by atoms with Crippen LogP contribution in [-0.2, 0) is 13.9 Å². The largest absolute Gasteiger partial charge is 0.445 e. The van der Waals surface area contributed by atoms with Gasteiger partial charge in [-0.3, -0.25) is 5.32 Å². The van der Waals surface area contributed by atoms with Gasteiger partial charge in [-0.25, -0.2) is 28.2 Å². The maximum atomic E-state index is 13.8. The number of nitrogens with zero attached hydrogens (tertiary/aromatic N) is 5. The lowest BCUT2D eigenvalue weighted by Crippen LogP contribution is -2.67. The number of ether oxygens (including phenoxy) is 2. The van der Waals surface area contributed by atoms with Gasteiger partial charge in [-0.2, -0.15) is 0 Å². The number of hydrogen-bond donors (Lipinski definition) is 1. The summed E-state index contributed by atoms with van der Waals surface area (Å²) in [7, 11) is -2.87. The van der Waals surface area contributed by atoms with Crippen molar-refractivity contribution in [3.63, 3.8) is 0 Å². The summed E-state index contributed by atoms with van der Waals surface area (Å²) in [5.41, 5.74) is 1.35. The SMILES string of the molecule is CCCSc1nc(NC(=O)O[C@@H]2C[C@H]2c2ccc(F)c(F)c2)c2nnn([C@@H]3C[C@H](CBr)O[C@H]3CO[Si](c3ccccc3)(c3ccccc3)C(C)(C)C)c2n1. The monoisotopic (exact) mass is 836 g/mol. The first-order valence-corrected chi connectivity index (χ1v) is 22.2. The average molecular weight is 838 g/mol. The Morgan fingerprint density at radius 3 is 2.35 bits per heavy atom. The second-order valence-electron chi connectivity index (χ2n) is 14.7. The van der Waals surface area contributed by atoms with Gasteiger partial charge in [0.15, 0.2) is 33.8 Å². The number of hydrogen-bond acceptors (Lipinski definition) is 9. The molecule has 1 amide bonds. The first kappa shape index (κ1) is 38.5. The quantitative estimate of drug-likeness (QED) is 0.0550. The van der Waals surface area contributed by atoms with E-state index < -0.39 is 32.1 Å². The molecule has 1 saturated heterocycles. The smallest absolute Gasteiger partial charge is 0.413 e. The predicted molar refractivity (Wildman–Crippen MR) is 211 cm³/mol. The third-order valence-corrected chi connectivity index (χ3v) is 16.8. The van der Waals surface area contributed by atoms with Crippen molar-refractivity contribution in [2.24, 2.45) is 0 Å². The number of thioether (sulfide) groups is 1. The van der Waals surface area contributed by atoms with E-state index in [9.17, 15) is 13.6 Å². The summed E-state index contributed by atoms with van der Waals surface area (Å²) in [6.45, 7) is 9.12. The fourth-order valence-electron chi connectivity index (χ4n) is 7.33. The highest BCUT2D eigenvalue weighted by atomic mass is 79.9. The molecule has 7 rings (SSSR count). The summed E-state index contributed by atoms with van der Waals surface area (Å²) in [6.07, 6.45) is 0.330. The molecule has 0 radical (unpaired) electrons. The molecular weight excluding hydrogens is 795 g/mol. The molecule has 2 aliphatic rings. The van der Waals surface area contributed by atoms with E-state index in [0.717, 1.165) is 24.3 Å². The fourth-order valence-corrected chi connectivity index (χ4v) is 13.0. The Morgan fingerprint density at radius 1 is 1.02 bits per heavy atom. The minimum atomic E-state index is -2.87. The Labute approximate surface area is 327 Å². The molecule has 1 saturated carbocycles. The molecule has 0 spiro atoms. The zero-order valence-corrected chi connectivity index (χ0v) is 33.9. The molecule has 15 heteroatoms. The van der Waals surface area contributed by atoms with Gasteiger partial charge in [0.25, 0.3) is 8.32 Å². The van der Waals surface area contributed by atoms with Crippen LogP contribution >= 0.6 is 27.7 Å². The third-order valence-electron chi connectivity index (χ3n) is 9.99. The Hall–Kier alpha value is -3.76. The Kier molecular flexibility index (Phi) is 11.5. The summed E-state index contributed by atoms with van der Waals surface area (Å²) >= 11 is 5.11. The fraction of sp³-hybridized carbons (Fsp3) is 0.410. The number of fused-ring (bicyclic) bond motifs is 1. The van der Waals surface area contributed by atoms with E-state index in [0.29, 0.717) is 46.7 Å². The number of amides is 1. The number of benzene rings is 3. The van der Waals surface area contributed by atoms with Crippen LogP contribution in [0.15, 0.2) is 84.0 Å². The molecule has 2 aromatic heterocycles. The second-order valence-corrected chi connectivity index (χ2v) is 20.7. The number of nitrogens with one attached hydrogen (secondary N) is 1. The predicted octanol–water partition coefficient (Wildman–Crippen LogP) is 7.78. The van der Waals surface area contributed by atoms with Gasteiger partial charge in [0, 0.05) is 17.0 Å². The highest BCUT2D eigenvalue weighted by molar-refractivity contribution is 9.09. The van der Waals surface area contributed by atoms with Crippen molar-refractivity contribution in [3.8, 4) is 0 Å². The maximum absolute atomic E-state index is 13.8. The van der Waals surface area contributed by atoms with E-state index in [1.54, 1.807) is 4.68 Å². The van der Waals surface area contributed by atoms with Crippen molar-refractivity contribution in [3.05, 3.63) is 96.1 Å². The summed E-state index contributed by atoms with van der Waals surface area (Å²) in [6, 6.07) is 24.4. The number of anilines is 1. The van der Waals surface area contributed by atoms with Gasteiger partial charge in [0.1, 0.15) is 12.2 Å². The van der Waals surface area contributed by atoms with Crippen molar-refractivity contribution in [2.45, 2.75) is 87.4 Å². The Bertz CT molecular complexity index is 2050. The highest BCUT2D eigenvalue weighted by Crippen LogP contribution is 2.44. The first-order valence-electron chi connectivity index (χ1n) is 18.2. The van der Waals surface area contributed by atoms with Crippen LogP contribution in [0.4, 0.5) is 19.4 Å². The number of aromatic nitrogens is 5. The summed E-state index contributed by atoms with van der Waals surface area (Å²) in [5, 5.41) is 15.1. The summed E-state index contributed by atoms with van der Waals surface area (Å²) < 4.78 is 48.7. The second kappa shape index (κ2) is 16.1. The van der Waals surface area contributed by atoms with Crippen molar-refractivity contribution < 1.29 is 27.5 Å². The molecule has 1 aliphatic heterocycles. The van der Waals surface area contributed by atoms with Crippen LogP contribution in [0.3, 0.4) is 0 Å². The van der Waals surface area contributed by atoms with E-state index in [1.807, 2.05) is 12.1 Å². The van der Waals surface area contributed by atoms with Crippen LogP contribution in [0.2, 0.25) is 5.04 Å². The molecule has 3 aromatic carbocycles. The topological polar surface area (TPSA) is 113 Å². The van der Waals surface area contributed by atoms with Crippen LogP contribution in [0, 0.1) is 11.6 Å². The highest BCUT2D eigenvalue weighted by Gasteiger charge is 2.51. The van der Waals surface area contributed by atoms with E-state index in [-0.39, 0.29) is 35.0 Å². The number of halogens is 3. The molecule has 10 nitrogen and oxygen atoms in total. The normalized spacial score (nSPS) is 21.4. The lowest BCUT2D eigenvalue weighted by Gasteiger charge is -2.43. The molecule has 5 atom stereocenters. The summed E-state index contributed by atoms with van der Waals surface area (Å²) in [5.74, 6) is -1.13. The minimum absolute atomic E-state index is 0.105. The van der Waals surface area contributed by atoms with Crippen molar-refractivity contribution >= 4 is 69.5 Å².